The van der Waals surface area contributed by atoms with Gasteiger partial charge in [-0.2, -0.15) is 4.98 Å². The molecule has 1 saturated heterocycles. The summed E-state index contributed by atoms with van der Waals surface area (Å²) in [5, 5.41) is 16.0. The van der Waals surface area contributed by atoms with Gasteiger partial charge in [-0.3, -0.25) is 15.1 Å². The lowest BCUT2D eigenvalue weighted by Gasteiger charge is -2.36. The van der Waals surface area contributed by atoms with Crippen LogP contribution in [0, 0.1) is 5.82 Å². The first-order chi connectivity index (χ1) is 24.2. The SMILES string of the molecule is NNC(=O)C(=Cc1ccc(OCc2ccc(Cl)cc2Cl)cc1O)N1CCN(Cc2nc(-c3ccccc3COc3ccc(F)cc3)no2)CC1. The molecule has 2 heterocycles. The van der Waals surface area contributed by atoms with Crippen LogP contribution >= 0.6 is 23.2 Å². The number of hydrogen-bond donors (Lipinski definition) is 3. The molecule has 1 aliphatic rings. The fourth-order valence-electron chi connectivity index (χ4n) is 5.38. The number of phenolic OH excluding ortho intramolecular Hbond substituents is 1. The Morgan fingerprint density at radius 3 is 2.40 bits per heavy atom. The summed E-state index contributed by atoms with van der Waals surface area (Å²) in [6.07, 6.45) is 1.59. The molecule has 1 fully saturated rings. The van der Waals surface area contributed by atoms with Gasteiger partial charge in [0, 0.05) is 64.5 Å². The summed E-state index contributed by atoms with van der Waals surface area (Å²) in [5.41, 5.74) is 5.31. The van der Waals surface area contributed by atoms with E-state index in [0.717, 1.165) is 16.7 Å². The number of nitrogens with one attached hydrogen (secondary N) is 1. The number of ether oxygens (including phenoxy) is 2. The Hall–Kier alpha value is -5.14. The number of nitrogens with zero attached hydrogens (tertiary/aromatic N) is 4. The highest BCUT2D eigenvalue weighted by atomic mass is 35.5. The van der Waals surface area contributed by atoms with Crippen molar-refractivity contribution in [3.63, 3.8) is 0 Å². The summed E-state index contributed by atoms with van der Waals surface area (Å²) in [7, 11) is 0. The molecule has 0 bridgehead atoms. The maximum atomic E-state index is 13.3. The minimum atomic E-state index is -0.487. The fraction of sp³-hybridized carbons (Fsp3) is 0.194. The lowest BCUT2D eigenvalue weighted by atomic mass is 10.1. The molecule has 6 rings (SSSR count). The molecule has 0 radical (unpaired) electrons. The molecule has 1 aromatic heterocycles. The topological polar surface area (TPSA) is 139 Å². The van der Waals surface area contributed by atoms with Gasteiger partial charge in [0.25, 0.3) is 5.91 Å². The molecule has 0 atom stereocenters. The molecule has 0 aliphatic carbocycles. The molecular weight excluding hydrogens is 686 g/mol. The van der Waals surface area contributed by atoms with Crippen LogP contribution in [0.25, 0.3) is 17.5 Å². The number of carbonyl (C=O) groups excluding carboxylic acids is 1. The molecule has 50 heavy (non-hydrogen) atoms. The number of carbonyl (C=O) groups is 1. The number of phenols is 1. The van der Waals surface area contributed by atoms with Crippen LogP contribution in [0.1, 0.15) is 22.6 Å². The average molecular weight is 720 g/mol. The van der Waals surface area contributed by atoms with Crippen molar-refractivity contribution in [2.45, 2.75) is 19.8 Å². The Balaban J connectivity index is 1.06. The molecule has 1 aliphatic heterocycles. The largest absolute Gasteiger partial charge is 0.507 e. The maximum absolute atomic E-state index is 13.3. The number of nitrogens with two attached hydrogens (primary N) is 1. The van der Waals surface area contributed by atoms with Crippen LogP contribution in [0.5, 0.6) is 17.2 Å². The van der Waals surface area contributed by atoms with Crippen molar-refractivity contribution in [3.05, 3.63) is 129 Å². The van der Waals surface area contributed by atoms with E-state index in [1.54, 1.807) is 48.5 Å². The zero-order chi connectivity index (χ0) is 35.0. The first-order valence-corrected chi connectivity index (χ1v) is 16.4. The fourth-order valence-corrected chi connectivity index (χ4v) is 5.84. The van der Waals surface area contributed by atoms with Crippen LogP contribution < -0.4 is 20.7 Å². The lowest BCUT2D eigenvalue weighted by Crippen LogP contribution is -2.48. The molecule has 0 saturated carbocycles. The maximum Gasteiger partial charge on any atom is 0.281 e. The van der Waals surface area contributed by atoms with Gasteiger partial charge in [-0.15, -0.1) is 0 Å². The number of aromatic hydroxyl groups is 1. The molecule has 4 aromatic carbocycles. The van der Waals surface area contributed by atoms with Gasteiger partial charge in [0.05, 0.1) is 6.54 Å². The van der Waals surface area contributed by atoms with E-state index < -0.39 is 5.91 Å². The summed E-state index contributed by atoms with van der Waals surface area (Å²) in [6, 6.07) is 23.4. The van der Waals surface area contributed by atoms with Crippen molar-refractivity contribution < 1.29 is 28.3 Å². The van der Waals surface area contributed by atoms with Crippen LogP contribution in [0.2, 0.25) is 10.0 Å². The van der Waals surface area contributed by atoms with Gasteiger partial charge in [-0.25, -0.2) is 10.2 Å². The van der Waals surface area contributed by atoms with Gasteiger partial charge in [0.1, 0.15) is 42.0 Å². The molecule has 4 N–H and O–H groups in total. The molecule has 14 heteroatoms. The van der Waals surface area contributed by atoms with Gasteiger partial charge in [-0.1, -0.05) is 58.7 Å². The predicted octanol–water partition coefficient (Wildman–Crippen LogP) is 6.19. The van der Waals surface area contributed by atoms with Crippen molar-refractivity contribution in [2.24, 2.45) is 5.84 Å². The number of hydrogen-bond acceptors (Lipinski definition) is 10. The first kappa shape index (κ1) is 34.7. The first-order valence-electron chi connectivity index (χ1n) is 15.6. The Bertz CT molecular complexity index is 1980. The van der Waals surface area contributed by atoms with E-state index in [1.807, 2.05) is 29.2 Å². The minimum absolute atomic E-state index is 0.0681. The van der Waals surface area contributed by atoms with Gasteiger partial charge >= 0.3 is 0 Å². The summed E-state index contributed by atoms with van der Waals surface area (Å²) in [4.78, 5) is 21.5. The Kier molecular flexibility index (Phi) is 11.1. The van der Waals surface area contributed by atoms with E-state index in [9.17, 15) is 14.3 Å². The van der Waals surface area contributed by atoms with E-state index >= 15 is 0 Å². The zero-order valence-electron chi connectivity index (χ0n) is 26.7. The highest BCUT2D eigenvalue weighted by Gasteiger charge is 2.25. The number of rotatable bonds is 12. The zero-order valence-corrected chi connectivity index (χ0v) is 28.2. The van der Waals surface area contributed by atoms with E-state index in [4.69, 9.17) is 43.0 Å². The summed E-state index contributed by atoms with van der Waals surface area (Å²) < 4.78 is 30.5. The highest BCUT2D eigenvalue weighted by Crippen LogP contribution is 2.29. The van der Waals surface area contributed by atoms with Crippen molar-refractivity contribution in [1.29, 1.82) is 0 Å². The minimum Gasteiger partial charge on any atom is -0.507 e. The highest BCUT2D eigenvalue weighted by molar-refractivity contribution is 6.35. The smallest absolute Gasteiger partial charge is 0.281 e. The van der Waals surface area contributed by atoms with Gasteiger partial charge < -0.3 is 24.0 Å². The lowest BCUT2D eigenvalue weighted by molar-refractivity contribution is -0.119. The van der Waals surface area contributed by atoms with Crippen LogP contribution in [-0.2, 0) is 24.6 Å². The predicted molar refractivity (Wildman–Crippen MR) is 187 cm³/mol. The Morgan fingerprint density at radius 1 is 0.940 bits per heavy atom. The molecule has 5 aromatic rings. The van der Waals surface area contributed by atoms with E-state index in [2.05, 4.69) is 20.5 Å². The number of aromatic nitrogens is 2. The number of halogens is 3. The second kappa shape index (κ2) is 16.0. The standard InChI is InChI=1S/C36H33Cl2FN6O5/c37-26-7-5-25(31(38)18-26)22-49-29-10-6-23(33(46)19-29)17-32(36(47)42-40)45-15-13-44(14-16-45)20-34-41-35(43-50-34)30-4-2-1-3-24(30)21-48-28-11-8-27(39)9-12-28/h1-12,17-19,46H,13-16,20-22,40H2,(H,42,47). The number of hydrazine groups is 1. The van der Waals surface area contributed by atoms with E-state index in [1.165, 1.54) is 18.2 Å². The second-order valence-corrected chi connectivity index (χ2v) is 12.3. The monoisotopic (exact) mass is 718 g/mol. The summed E-state index contributed by atoms with van der Waals surface area (Å²) in [6.45, 7) is 3.06. The second-order valence-electron chi connectivity index (χ2n) is 11.4. The van der Waals surface area contributed by atoms with Crippen LogP contribution in [-0.4, -0.2) is 57.1 Å². The number of piperazine rings is 1. The van der Waals surface area contributed by atoms with Crippen molar-refractivity contribution in [1.82, 2.24) is 25.4 Å². The number of amides is 1. The van der Waals surface area contributed by atoms with Crippen molar-refractivity contribution in [3.8, 4) is 28.6 Å². The third-order valence-electron chi connectivity index (χ3n) is 8.07. The molecule has 0 spiro atoms. The third-order valence-corrected chi connectivity index (χ3v) is 8.66. The van der Waals surface area contributed by atoms with Crippen LogP contribution in [0.15, 0.2) is 95.1 Å². The molecule has 258 valence electrons. The Morgan fingerprint density at radius 2 is 1.66 bits per heavy atom. The van der Waals surface area contributed by atoms with E-state index in [-0.39, 0.29) is 24.8 Å². The summed E-state index contributed by atoms with van der Waals surface area (Å²) in [5.74, 6) is 6.50. The molecule has 1 amide bonds. The Labute approximate surface area is 297 Å². The van der Waals surface area contributed by atoms with Gasteiger partial charge in [0.15, 0.2) is 0 Å². The van der Waals surface area contributed by atoms with Gasteiger partial charge in [0.2, 0.25) is 11.7 Å². The van der Waals surface area contributed by atoms with Crippen LogP contribution in [0.4, 0.5) is 4.39 Å². The normalized spacial score (nSPS) is 13.7. The average Bonchev–Trinajstić information content (AvgIpc) is 3.59. The van der Waals surface area contributed by atoms with Gasteiger partial charge in [-0.05, 0) is 54.6 Å². The molecule has 11 nitrogen and oxygen atoms in total. The van der Waals surface area contributed by atoms with Crippen LogP contribution in [0.3, 0.4) is 0 Å². The van der Waals surface area contributed by atoms with Crippen molar-refractivity contribution >= 4 is 35.2 Å². The quantitative estimate of drug-likeness (QED) is 0.0592. The van der Waals surface area contributed by atoms with Crippen molar-refractivity contribution in [2.75, 3.05) is 26.2 Å². The summed E-state index contributed by atoms with van der Waals surface area (Å²) >= 11 is 12.2. The van der Waals surface area contributed by atoms with E-state index in [0.29, 0.717) is 77.2 Å². The molecule has 0 unspecified atom stereocenters. The third kappa shape index (κ3) is 8.71. The molecular formula is C36H33Cl2FN6O5. The number of benzene rings is 4.